The first-order chi connectivity index (χ1) is 11.7. The molecule has 0 unspecified atom stereocenters. The maximum atomic E-state index is 12.8. The number of aryl methyl sites for hydroxylation is 1. The summed E-state index contributed by atoms with van der Waals surface area (Å²) in [6, 6.07) is 4.22. The molecule has 4 nitrogen and oxygen atoms in total. The van der Waals surface area contributed by atoms with E-state index in [0.717, 1.165) is 12.1 Å². The Kier molecular flexibility index (Phi) is 4.84. The average molecular weight is 344 g/mol. The highest BCUT2D eigenvalue weighted by molar-refractivity contribution is 5.87. The summed E-state index contributed by atoms with van der Waals surface area (Å²) in [7, 11) is 2.03. The molecule has 1 aliphatic heterocycles. The van der Waals surface area contributed by atoms with Gasteiger partial charge in [0.05, 0.1) is 12.6 Å². The van der Waals surface area contributed by atoms with Gasteiger partial charge in [0.1, 0.15) is 6.04 Å². The Hall–Kier alpha value is -1.55. The van der Waals surface area contributed by atoms with Crippen molar-refractivity contribution in [3.63, 3.8) is 0 Å². The first kappa shape index (κ1) is 18.2. The van der Waals surface area contributed by atoms with Gasteiger partial charge < -0.3 is 15.3 Å². The van der Waals surface area contributed by atoms with Gasteiger partial charge in [0.25, 0.3) is 0 Å². The third-order valence-electron chi connectivity index (χ3n) is 6.01. The molecule has 2 N–H and O–H groups in total. The normalized spacial score (nSPS) is 25.7. The molecule has 1 amide bonds. The van der Waals surface area contributed by atoms with Gasteiger partial charge in [-0.25, -0.2) is 0 Å². The molecule has 0 aromatic heterocycles. The highest BCUT2D eigenvalue weighted by Gasteiger charge is 2.35. The zero-order chi connectivity index (χ0) is 18.4. The molecular formula is C21H32N2O2. The van der Waals surface area contributed by atoms with Crippen LogP contribution in [-0.2, 0) is 23.1 Å². The van der Waals surface area contributed by atoms with Crippen LogP contribution < -0.4 is 10.2 Å². The van der Waals surface area contributed by atoms with Crippen LogP contribution in [0, 0.1) is 5.92 Å². The van der Waals surface area contributed by atoms with E-state index in [2.05, 4.69) is 50.0 Å². The largest absolute Gasteiger partial charge is 0.394 e. The van der Waals surface area contributed by atoms with Crippen LogP contribution in [0.2, 0.25) is 0 Å². The number of nitrogens with zero attached hydrogens (tertiary/aromatic N) is 1. The van der Waals surface area contributed by atoms with Crippen molar-refractivity contribution in [2.45, 2.75) is 70.9 Å². The summed E-state index contributed by atoms with van der Waals surface area (Å²) in [5, 5.41) is 12.8. The number of aliphatic hydroxyl groups excluding tert-OH is 1. The number of hydrogen-bond acceptors (Lipinski definition) is 3. The molecule has 138 valence electrons. The first-order valence-corrected chi connectivity index (χ1v) is 9.55. The lowest BCUT2D eigenvalue weighted by atomic mass is 9.72. The highest BCUT2D eigenvalue weighted by atomic mass is 16.3. The minimum Gasteiger partial charge on any atom is -0.394 e. The standard InChI is InChI=1S/C21H32N2O2/c1-13(2)19-20(25)22-16(12-24)10-15-9-14-7-6-8-21(3,4)17(14)11-18(15)23(19)5/h9,11,13,16,19,24H,6-8,10,12H2,1-5H3,(H,22,25)/t16-,19+/m1/s1. The van der Waals surface area contributed by atoms with Crippen molar-refractivity contribution in [1.29, 1.82) is 0 Å². The SMILES string of the molecule is CC(C)[C@H]1C(=O)N[C@@H](CO)Cc2cc3c(cc2N1C)C(C)(C)CCC3. The maximum Gasteiger partial charge on any atom is 0.243 e. The van der Waals surface area contributed by atoms with Gasteiger partial charge in [0, 0.05) is 12.7 Å². The lowest BCUT2D eigenvalue weighted by molar-refractivity contribution is -0.124. The van der Waals surface area contributed by atoms with Crippen LogP contribution in [0.25, 0.3) is 0 Å². The van der Waals surface area contributed by atoms with Crippen molar-refractivity contribution in [3.05, 3.63) is 28.8 Å². The van der Waals surface area contributed by atoms with Crippen LogP contribution in [-0.4, -0.2) is 36.8 Å². The smallest absolute Gasteiger partial charge is 0.243 e. The topological polar surface area (TPSA) is 52.6 Å². The second-order valence-corrected chi connectivity index (χ2v) is 8.77. The molecule has 0 spiro atoms. The molecule has 1 aliphatic carbocycles. The van der Waals surface area contributed by atoms with Crippen molar-refractivity contribution in [1.82, 2.24) is 5.32 Å². The van der Waals surface area contributed by atoms with E-state index < -0.39 is 0 Å². The summed E-state index contributed by atoms with van der Waals surface area (Å²) in [4.78, 5) is 14.9. The summed E-state index contributed by atoms with van der Waals surface area (Å²) in [6.07, 6.45) is 4.24. The van der Waals surface area contributed by atoms with Crippen molar-refractivity contribution in [2.24, 2.45) is 5.92 Å². The molecule has 25 heavy (non-hydrogen) atoms. The second kappa shape index (κ2) is 6.64. The van der Waals surface area contributed by atoms with Gasteiger partial charge in [-0.2, -0.15) is 0 Å². The number of likely N-dealkylation sites (N-methyl/N-ethyl adjacent to an activating group) is 1. The van der Waals surface area contributed by atoms with E-state index in [-0.39, 0.29) is 35.9 Å². The monoisotopic (exact) mass is 344 g/mol. The fourth-order valence-corrected chi connectivity index (χ4v) is 4.66. The van der Waals surface area contributed by atoms with E-state index in [1.54, 1.807) is 0 Å². The molecule has 1 aromatic carbocycles. The minimum absolute atomic E-state index is 0.0131. The van der Waals surface area contributed by atoms with Gasteiger partial charge in [-0.3, -0.25) is 4.79 Å². The lowest BCUT2D eigenvalue weighted by Gasteiger charge is -2.40. The fraction of sp³-hybridized carbons (Fsp3) is 0.667. The third-order valence-corrected chi connectivity index (χ3v) is 6.01. The van der Waals surface area contributed by atoms with Crippen LogP contribution in [0.1, 0.15) is 57.2 Å². The predicted molar refractivity (Wildman–Crippen MR) is 102 cm³/mol. The van der Waals surface area contributed by atoms with E-state index in [9.17, 15) is 9.90 Å². The van der Waals surface area contributed by atoms with Gasteiger partial charge in [-0.15, -0.1) is 0 Å². The Morgan fingerprint density at radius 1 is 1.32 bits per heavy atom. The summed E-state index contributed by atoms with van der Waals surface area (Å²) >= 11 is 0. The highest BCUT2D eigenvalue weighted by Crippen LogP contribution is 2.41. The van der Waals surface area contributed by atoms with E-state index in [4.69, 9.17) is 0 Å². The Labute approximate surface area is 151 Å². The Morgan fingerprint density at radius 3 is 2.68 bits per heavy atom. The molecule has 0 saturated heterocycles. The molecule has 0 fully saturated rings. The van der Waals surface area contributed by atoms with Gasteiger partial charge in [-0.05, 0) is 59.8 Å². The Balaban J connectivity index is 2.15. The molecule has 1 heterocycles. The molecule has 0 radical (unpaired) electrons. The molecule has 1 aromatic rings. The number of rotatable bonds is 2. The van der Waals surface area contributed by atoms with Crippen LogP contribution in [0.3, 0.4) is 0 Å². The van der Waals surface area contributed by atoms with Gasteiger partial charge in [0.15, 0.2) is 0 Å². The minimum atomic E-state index is -0.224. The molecule has 4 heteroatoms. The van der Waals surface area contributed by atoms with Crippen LogP contribution in [0.4, 0.5) is 5.69 Å². The Morgan fingerprint density at radius 2 is 2.04 bits per heavy atom. The first-order valence-electron chi connectivity index (χ1n) is 9.55. The summed E-state index contributed by atoms with van der Waals surface area (Å²) < 4.78 is 0. The number of carbonyl (C=O) groups excluding carboxylic acids is 1. The van der Waals surface area contributed by atoms with Crippen molar-refractivity contribution in [3.8, 4) is 0 Å². The Bertz CT molecular complexity index is 666. The van der Waals surface area contributed by atoms with E-state index in [1.807, 2.05) is 7.05 Å². The molecule has 0 saturated carbocycles. The number of aliphatic hydroxyl groups is 1. The van der Waals surface area contributed by atoms with Gasteiger partial charge in [0.2, 0.25) is 5.91 Å². The van der Waals surface area contributed by atoms with E-state index in [0.29, 0.717) is 6.42 Å². The predicted octanol–water partition coefficient (Wildman–Crippen LogP) is 2.79. The summed E-state index contributed by atoms with van der Waals surface area (Å²) in [5.74, 6) is 0.207. The van der Waals surface area contributed by atoms with Crippen molar-refractivity contribution >= 4 is 11.6 Å². The maximum absolute atomic E-state index is 12.8. The molecule has 0 bridgehead atoms. The number of benzene rings is 1. The van der Waals surface area contributed by atoms with Crippen LogP contribution in [0.15, 0.2) is 12.1 Å². The van der Waals surface area contributed by atoms with Crippen molar-refractivity contribution in [2.75, 3.05) is 18.6 Å². The molecule has 2 atom stereocenters. The lowest BCUT2D eigenvalue weighted by Crippen LogP contribution is -2.54. The number of hydrogen-bond donors (Lipinski definition) is 2. The number of anilines is 1. The van der Waals surface area contributed by atoms with Gasteiger partial charge >= 0.3 is 0 Å². The number of fused-ring (bicyclic) bond motifs is 2. The number of nitrogens with one attached hydrogen (secondary N) is 1. The summed E-state index contributed by atoms with van der Waals surface area (Å²) in [5.41, 5.74) is 5.43. The third kappa shape index (κ3) is 3.29. The van der Waals surface area contributed by atoms with Crippen LogP contribution in [0.5, 0.6) is 0 Å². The van der Waals surface area contributed by atoms with Crippen molar-refractivity contribution < 1.29 is 9.90 Å². The van der Waals surface area contributed by atoms with Crippen LogP contribution >= 0.6 is 0 Å². The van der Waals surface area contributed by atoms with Gasteiger partial charge in [-0.1, -0.05) is 33.8 Å². The molecular weight excluding hydrogens is 312 g/mol. The van der Waals surface area contributed by atoms with E-state index >= 15 is 0 Å². The summed E-state index contributed by atoms with van der Waals surface area (Å²) in [6.45, 7) is 8.78. The van der Waals surface area contributed by atoms with E-state index in [1.165, 1.54) is 29.5 Å². The second-order valence-electron chi connectivity index (χ2n) is 8.77. The quantitative estimate of drug-likeness (QED) is 0.867. The number of amides is 1. The molecule has 3 rings (SSSR count). The fourth-order valence-electron chi connectivity index (χ4n) is 4.66. The zero-order valence-corrected chi connectivity index (χ0v) is 16.2. The zero-order valence-electron chi connectivity index (χ0n) is 16.2. The number of carbonyl (C=O) groups is 1. The average Bonchev–Trinajstić information content (AvgIpc) is 2.51. The molecule has 2 aliphatic rings.